The van der Waals surface area contributed by atoms with Crippen LogP contribution in [-0.4, -0.2) is 4.92 Å². The average molecular weight is 376 g/mol. The summed E-state index contributed by atoms with van der Waals surface area (Å²) in [7, 11) is 0. The zero-order valence-electron chi connectivity index (χ0n) is 10.1. The molecule has 20 heavy (non-hydrogen) atoms. The standard InChI is InChI=1S/C13H9BrCl2N2O2/c14-10-5-4-9(18(19)20)6-12(10)17-7-8-2-1-3-11(15)13(8)16/h1-6,17H,7H2. The Hall–Kier alpha value is -1.30. The highest BCUT2D eigenvalue weighted by Gasteiger charge is 2.10. The van der Waals surface area contributed by atoms with Gasteiger partial charge in [-0.25, -0.2) is 0 Å². The largest absolute Gasteiger partial charge is 0.380 e. The van der Waals surface area contributed by atoms with E-state index in [4.69, 9.17) is 23.2 Å². The summed E-state index contributed by atoms with van der Waals surface area (Å²) in [6, 6.07) is 9.86. The van der Waals surface area contributed by atoms with Gasteiger partial charge in [-0.05, 0) is 33.6 Å². The van der Waals surface area contributed by atoms with Crippen molar-refractivity contribution in [1.82, 2.24) is 0 Å². The van der Waals surface area contributed by atoms with Gasteiger partial charge >= 0.3 is 0 Å². The van der Waals surface area contributed by atoms with Crippen LogP contribution in [0.5, 0.6) is 0 Å². The van der Waals surface area contributed by atoms with Crippen LogP contribution in [0, 0.1) is 10.1 Å². The van der Waals surface area contributed by atoms with E-state index in [2.05, 4.69) is 21.2 Å². The first-order valence-corrected chi connectivity index (χ1v) is 7.14. The Balaban J connectivity index is 2.20. The monoisotopic (exact) mass is 374 g/mol. The third kappa shape index (κ3) is 3.42. The number of nitrogens with zero attached hydrogens (tertiary/aromatic N) is 1. The molecule has 0 radical (unpaired) electrons. The summed E-state index contributed by atoms with van der Waals surface area (Å²) >= 11 is 15.4. The van der Waals surface area contributed by atoms with Crippen molar-refractivity contribution in [3.63, 3.8) is 0 Å². The number of nitrogens with one attached hydrogen (secondary N) is 1. The second-order valence-corrected chi connectivity index (χ2v) is 5.63. The van der Waals surface area contributed by atoms with E-state index in [0.717, 1.165) is 10.0 Å². The maximum absolute atomic E-state index is 10.8. The molecule has 0 fully saturated rings. The summed E-state index contributed by atoms with van der Waals surface area (Å²) in [5.74, 6) is 0. The van der Waals surface area contributed by atoms with E-state index in [1.54, 1.807) is 18.2 Å². The third-order valence-electron chi connectivity index (χ3n) is 2.66. The summed E-state index contributed by atoms with van der Waals surface area (Å²) in [6.07, 6.45) is 0. The summed E-state index contributed by atoms with van der Waals surface area (Å²) in [4.78, 5) is 10.3. The molecule has 0 aliphatic heterocycles. The van der Waals surface area contributed by atoms with Gasteiger partial charge in [0.2, 0.25) is 0 Å². The van der Waals surface area contributed by atoms with Gasteiger partial charge in [0.1, 0.15) is 0 Å². The fourth-order valence-electron chi connectivity index (χ4n) is 1.64. The SMILES string of the molecule is O=[N+]([O-])c1ccc(Br)c(NCc2cccc(Cl)c2Cl)c1. The number of hydrogen-bond donors (Lipinski definition) is 1. The molecule has 0 saturated carbocycles. The second-order valence-electron chi connectivity index (χ2n) is 3.99. The van der Waals surface area contributed by atoms with E-state index >= 15 is 0 Å². The lowest BCUT2D eigenvalue weighted by molar-refractivity contribution is -0.384. The van der Waals surface area contributed by atoms with Gasteiger partial charge in [-0.3, -0.25) is 10.1 Å². The fourth-order valence-corrected chi connectivity index (χ4v) is 2.41. The van der Waals surface area contributed by atoms with Gasteiger partial charge in [0, 0.05) is 23.2 Å². The number of non-ortho nitro benzene ring substituents is 1. The molecule has 4 nitrogen and oxygen atoms in total. The topological polar surface area (TPSA) is 55.2 Å². The van der Waals surface area contributed by atoms with Crippen LogP contribution in [-0.2, 0) is 6.54 Å². The highest BCUT2D eigenvalue weighted by molar-refractivity contribution is 9.10. The molecule has 0 heterocycles. The lowest BCUT2D eigenvalue weighted by Gasteiger charge is -2.10. The number of halogens is 3. The van der Waals surface area contributed by atoms with Crippen molar-refractivity contribution in [2.24, 2.45) is 0 Å². The maximum Gasteiger partial charge on any atom is 0.271 e. The first-order valence-electron chi connectivity index (χ1n) is 5.59. The summed E-state index contributed by atoms with van der Waals surface area (Å²) in [5.41, 5.74) is 1.46. The summed E-state index contributed by atoms with van der Waals surface area (Å²) < 4.78 is 0.737. The van der Waals surface area contributed by atoms with Crippen molar-refractivity contribution in [2.75, 3.05) is 5.32 Å². The first-order chi connectivity index (χ1) is 9.49. The molecule has 1 N–H and O–H groups in total. The van der Waals surface area contributed by atoms with Crippen LogP contribution in [0.4, 0.5) is 11.4 Å². The van der Waals surface area contributed by atoms with Crippen LogP contribution in [0.25, 0.3) is 0 Å². The van der Waals surface area contributed by atoms with Crippen molar-refractivity contribution in [1.29, 1.82) is 0 Å². The van der Waals surface area contributed by atoms with E-state index in [0.29, 0.717) is 22.3 Å². The van der Waals surface area contributed by atoms with Crippen LogP contribution in [0.15, 0.2) is 40.9 Å². The molecule has 0 atom stereocenters. The normalized spacial score (nSPS) is 10.3. The Morgan fingerprint density at radius 1 is 1.25 bits per heavy atom. The van der Waals surface area contributed by atoms with Crippen molar-refractivity contribution in [3.8, 4) is 0 Å². The zero-order valence-corrected chi connectivity index (χ0v) is 13.2. The molecule has 0 aliphatic rings. The molecule has 0 amide bonds. The Kier molecular flexibility index (Phi) is 4.86. The Morgan fingerprint density at radius 2 is 2.00 bits per heavy atom. The lowest BCUT2D eigenvalue weighted by Crippen LogP contribution is -2.01. The van der Waals surface area contributed by atoms with Gasteiger partial charge in [-0.2, -0.15) is 0 Å². The number of benzene rings is 2. The number of nitro groups is 1. The Bertz CT molecular complexity index is 665. The number of anilines is 1. The molecule has 2 rings (SSSR count). The van der Waals surface area contributed by atoms with Crippen molar-refractivity contribution < 1.29 is 4.92 Å². The van der Waals surface area contributed by atoms with Gasteiger partial charge < -0.3 is 5.32 Å². The molecule has 0 unspecified atom stereocenters. The van der Waals surface area contributed by atoms with E-state index in [1.165, 1.54) is 12.1 Å². The predicted molar refractivity (Wildman–Crippen MR) is 84.6 cm³/mol. The van der Waals surface area contributed by atoms with E-state index < -0.39 is 4.92 Å². The lowest BCUT2D eigenvalue weighted by atomic mass is 10.2. The summed E-state index contributed by atoms with van der Waals surface area (Å²) in [5, 5.41) is 14.8. The van der Waals surface area contributed by atoms with Crippen molar-refractivity contribution in [2.45, 2.75) is 6.54 Å². The molecule has 2 aromatic carbocycles. The van der Waals surface area contributed by atoms with E-state index in [-0.39, 0.29) is 5.69 Å². The predicted octanol–water partition coefficient (Wildman–Crippen LogP) is 5.28. The first kappa shape index (κ1) is 15.1. The molecule has 0 spiro atoms. The van der Waals surface area contributed by atoms with Crippen LogP contribution in [0.2, 0.25) is 10.0 Å². The van der Waals surface area contributed by atoms with Crippen LogP contribution < -0.4 is 5.32 Å². The zero-order chi connectivity index (χ0) is 14.7. The number of nitro benzene ring substituents is 1. The highest BCUT2D eigenvalue weighted by Crippen LogP contribution is 2.29. The molecule has 0 bridgehead atoms. The minimum absolute atomic E-state index is 0.0212. The molecular formula is C13H9BrCl2N2O2. The Morgan fingerprint density at radius 3 is 2.70 bits per heavy atom. The van der Waals surface area contributed by atoms with Crippen molar-refractivity contribution in [3.05, 3.63) is 66.6 Å². The highest BCUT2D eigenvalue weighted by atomic mass is 79.9. The third-order valence-corrected chi connectivity index (χ3v) is 4.21. The molecule has 0 aliphatic carbocycles. The molecule has 0 aromatic heterocycles. The molecular weight excluding hydrogens is 367 g/mol. The second kappa shape index (κ2) is 6.43. The minimum atomic E-state index is -0.440. The smallest absolute Gasteiger partial charge is 0.271 e. The number of rotatable bonds is 4. The van der Waals surface area contributed by atoms with Crippen LogP contribution in [0.1, 0.15) is 5.56 Å². The molecule has 104 valence electrons. The molecule has 0 saturated heterocycles. The van der Waals surface area contributed by atoms with Gasteiger partial charge in [-0.1, -0.05) is 35.3 Å². The quantitative estimate of drug-likeness (QED) is 0.584. The molecule has 7 heteroatoms. The van der Waals surface area contributed by atoms with Crippen molar-refractivity contribution >= 4 is 50.5 Å². The van der Waals surface area contributed by atoms with E-state index in [1.807, 2.05) is 6.07 Å². The van der Waals surface area contributed by atoms with Gasteiger partial charge in [0.15, 0.2) is 0 Å². The fraction of sp³-hybridized carbons (Fsp3) is 0.0769. The van der Waals surface area contributed by atoms with Crippen LogP contribution >= 0.6 is 39.1 Å². The van der Waals surface area contributed by atoms with Gasteiger partial charge in [-0.15, -0.1) is 0 Å². The number of hydrogen-bond acceptors (Lipinski definition) is 3. The minimum Gasteiger partial charge on any atom is -0.380 e. The van der Waals surface area contributed by atoms with E-state index in [9.17, 15) is 10.1 Å². The summed E-state index contributed by atoms with van der Waals surface area (Å²) in [6.45, 7) is 0.416. The molecule has 2 aromatic rings. The van der Waals surface area contributed by atoms with Gasteiger partial charge in [0.25, 0.3) is 5.69 Å². The average Bonchev–Trinajstić information content (AvgIpc) is 2.41. The van der Waals surface area contributed by atoms with Gasteiger partial charge in [0.05, 0.1) is 20.7 Å². The maximum atomic E-state index is 10.8. The Labute approximate surface area is 134 Å². The van der Waals surface area contributed by atoms with Crippen LogP contribution in [0.3, 0.4) is 0 Å².